The molecule has 3 heterocycles. The smallest absolute Gasteiger partial charge is 0.260 e. The maximum Gasteiger partial charge on any atom is 0.260 e. The fraction of sp³-hybridized carbons (Fsp3) is 0.524. The van der Waals surface area contributed by atoms with Crippen molar-refractivity contribution in [1.29, 1.82) is 0 Å². The number of hydrogen-bond donors (Lipinski definition) is 0. The predicted molar refractivity (Wildman–Crippen MR) is 106 cm³/mol. The van der Waals surface area contributed by atoms with E-state index in [0.29, 0.717) is 37.7 Å². The molecule has 8 heteroatoms. The second-order valence-electron chi connectivity index (χ2n) is 8.07. The number of rotatable bonds is 7. The average Bonchev–Trinajstić information content (AvgIpc) is 3.29. The fourth-order valence-electron chi connectivity index (χ4n) is 3.64. The first-order chi connectivity index (χ1) is 14.0. The standard InChI is InChI=1S/C21H27N5O3/c1-15(2)16-5-7-19(8-6-16)29-14-21(28)25-12-18(13-25)26-11-17(22-23-26)10-24-9-3-4-20(24)27/h5-8,11,15,18H,3-4,9-10,12-14H2,1-2H3. The van der Waals surface area contributed by atoms with Gasteiger partial charge in [0.05, 0.1) is 18.8 Å². The minimum absolute atomic E-state index is 0.0304. The zero-order valence-corrected chi connectivity index (χ0v) is 17.0. The van der Waals surface area contributed by atoms with Gasteiger partial charge in [-0.3, -0.25) is 9.59 Å². The zero-order chi connectivity index (χ0) is 20.4. The Balaban J connectivity index is 1.22. The molecule has 2 saturated heterocycles. The van der Waals surface area contributed by atoms with Crippen LogP contribution < -0.4 is 4.74 Å². The lowest BCUT2D eigenvalue weighted by molar-refractivity contribution is -0.139. The van der Waals surface area contributed by atoms with Crippen LogP contribution in [-0.2, 0) is 16.1 Å². The molecule has 1 aromatic heterocycles. The first-order valence-corrected chi connectivity index (χ1v) is 10.2. The number of hydrogen-bond acceptors (Lipinski definition) is 5. The topological polar surface area (TPSA) is 80.6 Å². The van der Waals surface area contributed by atoms with Gasteiger partial charge in [0.25, 0.3) is 5.91 Å². The molecule has 0 saturated carbocycles. The monoisotopic (exact) mass is 397 g/mol. The van der Waals surface area contributed by atoms with E-state index in [1.807, 2.05) is 35.4 Å². The molecule has 2 aliphatic heterocycles. The molecule has 1 aromatic carbocycles. The van der Waals surface area contributed by atoms with Gasteiger partial charge in [-0.1, -0.05) is 31.2 Å². The van der Waals surface area contributed by atoms with E-state index in [2.05, 4.69) is 24.2 Å². The van der Waals surface area contributed by atoms with Crippen molar-refractivity contribution >= 4 is 11.8 Å². The van der Waals surface area contributed by atoms with E-state index < -0.39 is 0 Å². The number of aromatic nitrogens is 3. The normalized spacial score (nSPS) is 17.1. The molecular formula is C21H27N5O3. The van der Waals surface area contributed by atoms with Crippen molar-refractivity contribution < 1.29 is 14.3 Å². The molecule has 29 heavy (non-hydrogen) atoms. The summed E-state index contributed by atoms with van der Waals surface area (Å²) in [5.74, 6) is 1.32. The first-order valence-electron chi connectivity index (χ1n) is 10.2. The fourth-order valence-corrected chi connectivity index (χ4v) is 3.64. The minimum atomic E-state index is -0.0304. The lowest BCUT2D eigenvalue weighted by atomic mass is 10.0. The Kier molecular flexibility index (Phi) is 5.51. The summed E-state index contributed by atoms with van der Waals surface area (Å²) in [6.07, 6.45) is 3.42. The number of amides is 2. The number of carbonyl (C=O) groups is 2. The van der Waals surface area contributed by atoms with Crippen LogP contribution in [0.2, 0.25) is 0 Å². The zero-order valence-electron chi connectivity index (χ0n) is 17.0. The van der Waals surface area contributed by atoms with Crippen molar-refractivity contribution in [3.63, 3.8) is 0 Å². The molecule has 2 aromatic rings. The van der Waals surface area contributed by atoms with E-state index in [9.17, 15) is 9.59 Å². The quantitative estimate of drug-likeness (QED) is 0.714. The summed E-state index contributed by atoms with van der Waals surface area (Å²) in [4.78, 5) is 27.6. The molecule has 0 N–H and O–H groups in total. The van der Waals surface area contributed by atoms with Crippen LogP contribution in [0.25, 0.3) is 0 Å². The average molecular weight is 397 g/mol. The second-order valence-corrected chi connectivity index (χ2v) is 8.07. The van der Waals surface area contributed by atoms with Crippen molar-refractivity contribution in [1.82, 2.24) is 24.8 Å². The Hall–Kier alpha value is -2.90. The van der Waals surface area contributed by atoms with Gasteiger partial charge in [-0.25, -0.2) is 4.68 Å². The van der Waals surface area contributed by atoms with Gasteiger partial charge in [0.15, 0.2) is 6.61 Å². The van der Waals surface area contributed by atoms with Crippen LogP contribution >= 0.6 is 0 Å². The molecule has 0 unspecified atom stereocenters. The van der Waals surface area contributed by atoms with Crippen molar-refractivity contribution in [3.05, 3.63) is 41.7 Å². The Morgan fingerprint density at radius 2 is 2.00 bits per heavy atom. The highest BCUT2D eigenvalue weighted by Gasteiger charge is 2.33. The predicted octanol–water partition coefficient (Wildman–Crippen LogP) is 1.99. The third kappa shape index (κ3) is 4.41. The third-order valence-electron chi connectivity index (χ3n) is 5.58. The first kappa shape index (κ1) is 19.4. The van der Waals surface area contributed by atoms with Crippen LogP contribution in [-0.4, -0.2) is 62.8 Å². The number of nitrogens with zero attached hydrogens (tertiary/aromatic N) is 5. The molecule has 0 radical (unpaired) electrons. The van der Waals surface area contributed by atoms with E-state index >= 15 is 0 Å². The highest BCUT2D eigenvalue weighted by molar-refractivity contribution is 5.78. The molecule has 2 fully saturated rings. The molecule has 0 atom stereocenters. The largest absolute Gasteiger partial charge is 0.484 e. The SMILES string of the molecule is CC(C)c1ccc(OCC(=O)N2CC(n3cc(CN4CCCC4=O)nn3)C2)cc1. The summed E-state index contributed by atoms with van der Waals surface area (Å²) in [6, 6.07) is 8.00. The Labute approximate surface area is 170 Å². The van der Waals surface area contributed by atoms with Crippen molar-refractivity contribution in [2.75, 3.05) is 26.2 Å². The van der Waals surface area contributed by atoms with E-state index in [1.54, 1.807) is 9.58 Å². The van der Waals surface area contributed by atoms with E-state index in [-0.39, 0.29) is 24.5 Å². The second kappa shape index (κ2) is 8.23. The summed E-state index contributed by atoms with van der Waals surface area (Å²) in [5, 5.41) is 8.35. The summed E-state index contributed by atoms with van der Waals surface area (Å²) >= 11 is 0. The Bertz CT molecular complexity index is 871. The number of benzene rings is 1. The third-order valence-corrected chi connectivity index (χ3v) is 5.58. The highest BCUT2D eigenvalue weighted by Crippen LogP contribution is 2.22. The Morgan fingerprint density at radius 1 is 1.24 bits per heavy atom. The molecule has 4 rings (SSSR count). The van der Waals surface area contributed by atoms with Crippen LogP contribution in [0.1, 0.15) is 49.9 Å². The number of ether oxygens (including phenoxy) is 1. The van der Waals surface area contributed by atoms with Gasteiger partial charge >= 0.3 is 0 Å². The van der Waals surface area contributed by atoms with Crippen molar-refractivity contribution in [2.45, 2.75) is 45.2 Å². The van der Waals surface area contributed by atoms with Gasteiger partial charge in [0, 0.05) is 26.1 Å². The van der Waals surface area contributed by atoms with Crippen molar-refractivity contribution in [3.8, 4) is 5.75 Å². The van der Waals surface area contributed by atoms with E-state index in [0.717, 1.165) is 18.7 Å². The Morgan fingerprint density at radius 3 is 2.66 bits per heavy atom. The van der Waals surface area contributed by atoms with Crippen LogP contribution in [0, 0.1) is 0 Å². The molecule has 0 bridgehead atoms. The van der Waals surface area contributed by atoms with Gasteiger partial charge in [-0.05, 0) is 30.0 Å². The molecule has 0 spiro atoms. The van der Waals surface area contributed by atoms with Crippen LogP contribution in [0.5, 0.6) is 5.75 Å². The summed E-state index contributed by atoms with van der Waals surface area (Å²) in [6.45, 7) is 6.82. The lowest BCUT2D eigenvalue weighted by Crippen LogP contribution is -2.52. The van der Waals surface area contributed by atoms with Crippen LogP contribution in [0.15, 0.2) is 30.5 Å². The summed E-state index contributed by atoms with van der Waals surface area (Å²) in [7, 11) is 0. The summed E-state index contributed by atoms with van der Waals surface area (Å²) < 4.78 is 7.42. The molecule has 154 valence electrons. The van der Waals surface area contributed by atoms with E-state index in [1.165, 1.54) is 5.56 Å². The van der Waals surface area contributed by atoms with Gasteiger partial charge in [0.1, 0.15) is 11.4 Å². The number of likely N-dealkylation sites (tertiary alicyclic amines) is 2. The molecule has 0 aliphatic carbocycles. The van der Waals surface area contributed by atoms with Gasteiger partial charge in [0.2, 0.25) is 5.91 Å². The van der Waals surface area contributed by atoms with Crippen molar-refractivity contribution in [2.24, 2.45) is 0 Å². The lowest BCUT2D eigenvalue weighted by Gasteiger charge is -2.38. The number of carbonyl (C=O) groups excluding carboxylic acids is 2. The minimum Gasteiger partial charge on any atom is -0.484 e. The molecule has 2 aliphatic rings. The van der Waals surface area contributed by atoms with Crippen LogP contribution in [0.3, 0.4) is 0 Å². The van der Waals surface area contributed by atoms with E-state index in [4.69, 9.17) is 4.74 Å². The van der Waals surface area contributed by atoms with Gasteiger partial charge in [-0.15, -0.1) is 5.10 Å². The molecule has 8 nitrogen and oxygen atoms in total. The van der Waals surface area contributed by atoms with Crippen LogP contribution in [0.4, 0.5) is 0 Å². The molecule has 2 amide bonds. The van der Waals surface area contributed by atoms with Gasteiger partial charge in [-0.2, -0.15) is 0 Å². The summed E-state index contributed by atoms with van der Waals surface area (Å²) in [5.41, 5.74) is 2.04. The highest BCUT2D eigenvalue weighted by atomic mass is 16.5. The van der Waals surface area contributed by atoms with Gasteiger partial charge < -0.3 is 14.5 Å². The molecular weight excluding hydrogens is 370 g/mol. The maximum absolute atomic E-state index is 12.3. The maximum atomic E-state index is 12.3.